The second-order valence-electron chi connectivity index (χ2n) is 6.24. The molecule has 0 saturated heterocycles. The monoisotopic (exact) mass is 401 g/mol. The summed E-state index contributed by atoms with van der Waals surface area (Å²) in [5, 5.41) is 0. The largest absolute Gasteiger partial charge is 0.463 e. The molecule has 1 aromatic rings. The number of esters is 2. The SMILES string of the molecule is C#CCCCC(=O)OCc1cnc(C)c(OC(=O)CCC/C=C\C)c1COC=O. The van der Waals surface area contributed by atoms with Gasteiger partial charge in [-0.05, 0) is 33.1 Å². The topological polar surface area (TPSA) is 91.8 Å². The van der Waals surface area contributed by atoms with Crippen molar-refractivity contribution in [2.45, 2.75) is 65.6 Å². The molecule has 0 aliphatic rings. The van der Waals surface area contributed by atoms with Crippen LogP contribution in [0, 0.1) is 19.3 Å². The average molecular weight is 401 g/mol. The fraction of sp³-hybridized carbons (Fsp3) is 0.455. The molecule has 1 rings (SSSR count). The van der Waals surface area contributed by atoms with Crippen molar-refractivity contribution in [2.24, 2.45) is 0 Å². The molecule has 0 aliphatic heterocycles. The molecule has 7 heteroatoms. The fourth-order valence-corrected chi connectivity index (χ4v) is 2.47. The van der Waals surface area contributed by atoms with Crippen molar-refractivity contribution in [1.29, 1.82) is 0 Å². The summed E-state index contributed by atoms with van der Waals surface area (Å²) in [7, 11) is 0. The molecular formula is C22H27NO6. The van der Waals surface area contributed by atoms with E-state index in [-0.39, 0.29) is 31.8 Å². The number of carbonyl (C=O) groups is 3. The highest BCUT2D eigenvalue weighted by molar-refractivity contribution is 5.73. The van der Waals surface area contributed by atoms with Crippen LogP contribution in [0.5, 0.6) is 5.75 Å². The number of pyridine rings is 1. The molecule has 0 amide bonds. The summed E-state index contributed by atoms with van der Waals surface area (Å²) in [4.78, 5) is 38.9. The van der Waals surface area contributed by atoms with Gasteiger partial charge in [0.1, 0.15) is 13.2 Å². The number of aromatic nitrogens is 1. The third-order valence-electron chi connectivity index (χ3n) is 3.99. The summed E-state index contributed by atoms with van der Waals surface area (Å²) >= 11 is 0. The Hall–Kier alpha value is -3.14. The van der Waals surface area contributed by atoms with Gasteiger partial charge in [0.05, 0.1) is 5.69 Å². The fourth-order valence-electron chi connectivity index (χ4n) is 2.47. The van der Waals surface area contributed by atoms with E-state index in [0.717, 1.165) is 6.42 Å². The van der Waals surface area contributed by atoms with Crippen LogP contribution in [0.1, 0.15) is 62.3 Å². The molecule has 0 atom stereocenters. The number of hydrogen-bond acceptors (Lipinski definition) is 7. The van der Waals surface area contributed by atoms with Crippen molar-refractivity contribution >= 4 is 18.4 Å². The first-order chi connectivity index (χ1) is 14.0. The lowest BCUT2D eigenvalue weighted by molar-refractivity contribution is -0.145. The van der Waals surface area contributed by atoms with Crippen molar-refractivity contribution in [3.05, 3.63) is 35.2 Å². The predicted octanol–water partition coefficient (Wildman–Crippen LogP) is 3.56. The molecule has 0 radical (unpaired) electrons. The summed E-state index contributed by atoms with van der Waals surface area (Å²) in [5.41, 5.74) is 1.42. The van der Waals surface area contributed by atoms with Crippen LogP contribution in [-0.2, 0) is 37.1 Å². The van der Waals surface area contributed by atoms with Gasteiger partial charge in [0.15, 0.2) is 5.75 Å². The number of carbonyl (C=O) groups excluding carboxylic acids is 3. The molecule has 29 heavy (non-hydrogen) atoms. The minimum absolute atomic E-state index is 0.0778. The number of terminal acetylenes is 1. The molecule has 1 heterocycles. The zero-order chi connectivity index (χ0) is 21.5. The molecule has 0 aliphatic carbocycles. The number of nitrogens with zero attached hydrogens (tertiary/aromatic N) is 1. The summed E-state index contributed by atoms with van der Waals surface area (Å²) in [6, 6.07) is 0. The van der Waals surface area contributed by atoms with E-state index in [2.05, 4.69) is 10.9 Å². The van der Waals surface area contributed by atoms with Crippen molar-refractivity contribution in [3.8, 4) is 18.1 Å². The molecular weight excluding hydrogens is 374 g/mol. The first kappa shape index (κ1) is 23.9. The lowest BCUT2D eigenvalue weighted by atomic mass is 10.1. The van der Waals surface area contributed by atoms with Gasteiger partial charge in [-0.3, -0.25) is 19.4 Å². The Morgan fingerprint density at radius 1 is 1.21 bits per heavy atom. The maximum absolute atomic E-state index is 12.2. The third kappa shape index (κ3) is 9.06. The van der Waals surface area contributed by atoms with E-state index in [4.69, 9.17) is 20.6 Å². The summed E-state index contributed by atoms with van der Waals surface area (Å²) in [6.07, 6.45) is 13.5. The van der Waals surface area contributed by atoms with Gasteiger partial charge in [0, 0.05) is 36.6 Å². The van der Waals surface area contributed by atoms with E-state index in [1.165, 1.54) is 6.20 Å². The highest BCUT2D eigenvalue weighted by atomic mass is 16.5. The molecule has 0 aromatic carbocycles. The first-order valence-corrected chi connectivity index (χ1v) is 9.47. The Kier molecular flexibility index (Phi) is 11.5. The number of allylic oxidation sites excluding steroid dienone is 2. The lowest BCUT2D eigenvalue weighted by Gasteiger charge is -2.16. The third-order valence-corrected chi connectivity index (χ3v) is 3.99. The van der Waals surface area contributed by atoms with Crippen LogP contribution in [0.25, 0.3) is 0 Å². The summed E-state index contributed by atoms with van der Waals surface area (Å²) in [6.45, 7) is 3.69. The molecule has 0 unspecified atom stereocenters. The maximum atomic E-state index is 12.2. The van der Waals surface area contributed by atoms with Crippen LogP contribution in [0.2, 0.25) is 0 Å². The van der Waals surface area contributed by atoms with Gasteiger partial charge < -0.3 is 14.2 Å². The highest BCUT2D eigenvalue weighted by Crippen LogP contribution is 2.27. The van der Waals surface area contributed by atoms with Gasteiger partial charge in [-0.25, -0.2) is 0 Å². The molecule has 7 nitrogen and oxygen atoms in total. The molecule has 0 spiro atoms. The van der Waals surface area contributed by atoms with Gasteiger partial charge in [-0.1, -0.05) is 12.2 Å². The Morgan fingerprint density at radius 2 is 1.97 bits per heavy atom. The summed E-state index contributed by atoms with van der Waals surface area (Å²) in [5.74, 6) is 1.88. The molecule has 0 N–H and O–H groups in total. The minimum Gasteiger partial charge on any atom is -0.463 e. The molecule has 1 aromatic heterocycles. The predicted molar refractivity (Wildman–Crippen MR) is 107 cm³/mol. The van der Waals surface area contributed by atoms with E-state index in [1.54, 1.807) is 6.92 Å². The smallest absolute Gasteiger partial charge is 0.311 e. The molecule has 0 saturated carbocycles. The zero-order valence-corrected chi connectivity index (χ0v) is 16.9. The van der Waals surface area contributed by atoms with Crippen LogP contribution in [0.4, 0.5) is 0 Å². The van der Waals surface area contributed by atoms with Gasteiger partial charge >= 0.3 is 11.9 Å². The Bertz CT molecular complexity index is 763. The first-order valence-electron chi connectivity index (χ1n) is 9.47. The molecule has 156 valence electrons. The van der Waals surface area contributed by atoms with Crippen LogP contribution in [0.15, 0.2) is 18.3 Å². The number of hydrogen-bond donors (Lipinski definition) is 0. The summed E-state index contributed by atoms with van der Waals surface area (Å²) < 4.78 is 15.6. The van der Waals surface area contributed by atoms with E-state index in [1.807, 2.05) is 19.1 Å². The van der Waals surface area contributed by atoms with E-state index in [9.17, 15) is 14.4 Å². The number of unbranched alkanes of at least 4 members (excludes halogenated alkanes) is 2. The van der Waals surface area contributed by atoms with Crippen LogP contribution < -0.4 is 4.74 Å². The van der Waals surface area contributed by atoms with Gasteiger partial charge in [-0.2, -0.15) is 0 Å². The number of rotatable bonds is 13. The standard InChI is InChI=1S/C22H27NO6/c1-4-6-8-10-12-21(26)29-22-17(3)23-13-18(19(22)15-27-16-24)14-28-20(25)11-9-7-5-2/h2,4,6,13,16H,7-12,14-15H2,1,3H3/b6-4-. The second-order valence-corrected chi connectivity index (χ2v) is 6.24. The van der Waals surface area contributed by atoms with Crippen LogP contribution in [0.3, 0.4) is 0 Å². The average Bonchev–Trinajstić information content (AvgIpc) is 2.71. The van der Waals surface area contributed by atoms with Crippen LogP contribution in [-0.4, -0.2) is 23.4 Å². The van der Waals surface area contributed by atoms with Gasteiger partial charge in [0.2, 0.25) is 0 Å². The normalized spacial score (nSPS) is 10.4. The van der Waals surface area contributed by atoms with Crippen molar-refractivity contribution < 1.29 is 28.6 Å². The molecule has 0 bridgehead atoms. The maximum Gasteiger partial charge on any atom is 0.311 e. The number of ether oxygens (including phenoxy) is 3. The Morgan fingerprint density at radius 3 is 2.66 bits per heavy atom. The lowest BCUT2D eigenvalue weighted by Crippen LogP contribution is -2.14. The Balaban J connectivity index is 2.89. The zero-order valence-electron chi connectivity index (χ0n) is 16.9. The van der Waals surface area contributed by atoms with Gasteiger partial charge in [0.25, 0.3) is 6.47 Å². The Labute approximate surface area is 171 Å². The van der Waals surface area contributed by atoms with Crippen molar-refractivity contribution in [2.75, 3.05) is 0 Å². The number of aryl methyl sites for hydroxylation is 1. The van der Waals surface area contributed by atoms with Crippen molar-refractivity contribution in [3.63, 3.8) is 0 Å². The van der Waals surface area contributed by atoms with Crippen molar-refractivity contribution in [1.82, 2.24) is 4.98 Å². The van der Waals surface area contributed by atoms with Crippen LogP contribution >= 0.6 is 0 Å². The van der Waals surface area contributed by atoms with E-state index < -0.39 is 11.9 Å². The quantitative estimate of drug-likeness (QED) is 0.164. The van der Waals surface area contributed by atoms with E-state index in [0.29, 0.717) is 42.6 Å². The second kappa shape index (κ2) is 13.9. The van der Waals surface area contributed by atoms with Gasteiger partial charge in [-0.15, -0.1) is 12.3 Å². The van der Waals surface area contributed by atoms with E-state index >= 15 is 0 Å². The minimum atomic E-state index is -0.407. The highest BCUT2D eigenvalue weighted by Gasteiger charge is 2.19. The molecule has 0 fully saturated rings.